The van der Waals surface area contributed by atoms with Crippen LogP contribution in [0.4, 0.5) is 4.79 Å². The first-order valence-corrected chi connectivity index (χ1v) is 8.55. The van der Waals surface area contributed by atoms with Crippen LogP contribution in [0.5, 0.6) is 5.75 Å². The van der Waals surface area contributed by atoms with E-state index in [1.54, 1.807) is 40.0 Å². The second-order valence-electron chi connectivity index (χ2n) is 6.62. The Kier molecular flexibility index (Phi) is 7.96. The van der Waals surface area contributed by atoms with Gasteiger partial charge in [-0.2, -0.15) is 0 Å². The van der Waals surface area contributed by atoms with E-state index in [2.05, 4.69) is 10.1 Å². The Morgan fingerprint density at radius 1 is 1.27 bits per heavy atom. The molecule has 0 aromatic heterocycles. The molecular formula is C19H26ClNO5. The van der Waals surface area contributed by atoms with E-state index in [1.807, 2.05) is 6.92 Å². The minimum Gasteiger partial charge on any atom is -0.496 e. The highest BCUT2D eigenvalue weighted by Crippen LogP contribution is 2.33. The third-order valence-electron chi connectivity index (χ3n) is 3.45. The second kappa shape index (κ2) is 9.48. The summed E-state index contributed by atoms with van der Waals surface area (Å²) in [6, 6.07) is 1.79. The fourth-order valence-corrected chi connectivity index (χ4v) is 2.49. The van der Waals surface area contributed by atoms with Gasteiger partial charge in [-0.25, -0.2) is 9.59 Å². The first-order chi connectivity index (χ1) is 12.1. The number of amides is 1. The zero-order valence-electron chi connectivity index (χ0n) is 16.1. The van der Waals surface area contributed by atoms with Gasteiger partial charge in [0, 0.05) is 23.2 Å². The number of carbonyl (C=O) groups excluding carboxylic acids is 2. The lowest BCUT2D eigenvalue weighted by Gasteiger charge is -2.20. The summed E-state index contributed by atoms with van der Waals surface area (Å²) in [5.74, 6) is 0.123. The van der Waals surface area contributed by atoms with Gasteiger partial charge in [-0.15, -0.1) is 0 Å². The smallest absolute Gasteiger partial charge is 0.407 e. The molecule has 1 aromatic carbocycles. The minimum absolute atomic E-state index is 0.352. The summed E-state index contributed by atoms with van der Waals surface area (Å²) in [7, 11) is 2.85. The van der Waals surface area contributed by atoms with Gasteiger partial charge in [-0.05, 0) is 57.4 Å². The van der Waals surface area contributed by atoms with E-state index in [0.717, 1.165) is 11.1 Å². The summed E-state index contributed by atoms with van der Waals surface area (Å²) in [5.41, 5.74) is 1.73. The number of halogens is 1. The average molecular weight is 384 g/mol. The molecule has 26 heavy (non-hydrogen) atoms. The molecular weight excluding hydrogens is 358 g/mol. The second-order valence-corrected chi connectivity index (χ2v) is 7.03. The molecule has 0 fully saturated rings. The van der Waals surface area contributed by atoms with Crippen LogP contribution in [0.3, 0.4) is 0 Å². The highest BCUT2D eigenvalue weighted by atomic mass is 35.5. The molecule has 144 valence electrons. The van der Waals surface area contributed by atoms with Crippen LogP contribution in [0.15, 0.2) is 12.1 Å². The number of hydrogen-bond acceptors (Lipinski definition) is 5. The molecule has 0 saturated carbocycles. The molecule has 1 N–H and O–H groups in total. The van der Waals surface area contributed by atoms with Gasteiger partial charge in [0.15, 0.2) is 0 Å². The molecule has 0 saturated heterocycles. The molecule has 1 rings (SSSR count). The molecule has 0 radical (unpaired) electrons. The zero-order valence-corrected chi connectivity index (χ0v) is 16.8. The van der Waals surface area contributed by atoms with Crippen LogP contribution in [-0.4, -0.2) is 38.4 Å². The summed E-state index contributed by atoms with van der Waals surface area (Å²) < 4.78 is 15.3. The van der Waals surface area contributed by atoms with Crippen molar-refractivity contribution >= 4 is 29.7 Å². The zero-order chi connectivity index (χ0) is 19.9. The fourth-order valence-electron chi connectivity index (χ4n) is 2.26. The van der Waals surface area contributed by atoms with Crippen molar-refractivity contribution in [1.82, 2.24) is 5.32 Å². The Hall–Kier alpha value is -2.21. The Morgan fingerprint density at radius 3 is 2.46 bits per heavy atom. The van der Waals surface area contributed by atoms with Crippen LogP contribution >= 0.6 is 11.6 Å². The van der Waals surface area contributed by atoms with Crippen molar-refractivity contribution < 1.29 is 23.8 Å². The number of nitrogens with one attached hydrogen (secondary N) is 1. The molecule has 1 aromatic rings. The molecule has 0 aliphatic carbocycles. The molecule has 0 aliphatic heterocycles. The van der Waals surface area contributed by atoms with Gasteiger partial charge in [0.1, 0.15) is 11.4 Å². The molecule has 0 unspecified atom stereocenters. The van der Waals surface area contributed by atoms with Crippen molar-refractivity contribution in [1.29, 1.82) is 0 Å². The molecule has 0 heterocycles. The Labute approximate surface area is 159 Å². The first kappa shape index (κ1) is 21.8. The lowest BCUT2D eigenvalue weighted by Crippen LogP contribution is -2.33. The predicted octanol–water partition coefficient (Wildman–Crippen LogP) is 3.91. The molecule has 0 spiro atoms. The average Bonchev–Trinajstić information content (AvgIpc) is 2.54. The minimum atomic E-state index is -0.555. The Bertz CT molecular complexity index is 692. The number of hydrogen-bond donors (Lipinski definition) is 1. The summed E-state index contributed by atoms with van der Waals surface area (Å²) in [6.45, 7) is 7.59. The van der Waals surface area contributed by atoms with E-state index in [9.17, 15) is 9.59 Å². The molecule has 7 heteroatoms. The Morgan fingerprint density at radius 2 is 1.92 bits per heavy atom. The van der Waals surface area contributed by atoms with Crippen molar-refractivity contribution in [2.75, 3.05) is 20.8 Å². The summed E-state index contributed by atoms with van der Waals surface area (Å²) >= 11 is 6.31. The third-order valence-corrected chi connectivity index (χ3v) is 3.85. The Balaban J connectivity index is 2.98. The number of esters is 1. The summed E-state index contributed by atoms with van der Waals surface area (Å²) in [6.07, 6.45) is 2.92. The number of ether oxygens (including phenoxy) is 3. The number of alkyl carbamates (subject to hydrolysis) is 1. The largest absolute Gasteiger partial charge is 0.496 e. The fraction of sp³-hybridized carbons (Fsp3) is 0.474. The summed E-state index contributed by atoms with van der Waals surface area (Å²) in [4.78, 5) is 23.1. The van der Waals surface area contributed by atoms with Crippen LogP contribution in [0.25, 0.3) is 6.08 Å². The van der Waals surface area contributed by atoms with Gasteiger partial charge in [0.05, 0.1) is 14.2 Å². The van der Waals surface area contributed by atoms with E-state index in [4.69, 9.17) is 21.1 Å². The SMILES string of the molecule is COC(=O)C=Cc1c(C)c(Cl)cc(CCNC(=O)OC(C)(C)C)c1OC. The van der Waals surface area contributed by atoms with E-state index >= 15 is 0 Å². The molecule has 6 nitrogen and oxygen atoms in total. The molecule has 0 aliphatic rings. The maximum atomic E-state index is 11.7. The third kappa shape index (κ3) is 6.59. The van der Waals surface area contributed by atoms with Crippen LogP contribution in [0, 0.1) is 6.92 Å². The number of rotatable bonds is 6. The predicted molar refractivity (Wildman–Crippen MR) is 102 cm³/mol. The van der Waals surface area contributed by atoms with E-state index in [1.165, 1.54) is 13.2 Å². The van der Waals surface area contributed by atoms with E-state index in [0.29, 0.717) is 29.3 Å². The maximum Gasteiger partial charge on any atom is 0.407 e. The van der Waals surface area contributed by atoms with Gasteiger partial charge in [0.2, 0.25) is 0 Å². The quantitative estimate of drug-likeness (QED) is 0.595. The highest BCUT2D eigenvalue weighted by Gasteiger charge is 2.17. The number of methoxy groups -OCH3 is 2. The number of benzene rings is 1. The topological polar surface area (TPSA) is 73.9 Å². The van der Waals surface area contributed by atoms with Crippen molar-refractivity contribution in [3.8, 4) is 5.75 Å². The van der Waals surface area contributed by atoms with Gasteiger partial charge < -0.3 is 19.5 Å². The first-order valence-electron chi connectivity index (χ1n) is 8.18. The van der Waals surface area contributed by atoms with E-state index < -0.39 is 17.7 Å². The van der Waals surface area contributed by atoms with Gasteiger partial charge in [-0.3, -0.25) is 0 Å². The standard InChI is InChI=1S/C19H26ClNO5/c1-12-14(7-8-16(22)24-5)17(25-6)13(11-15(12)20)9-10-21-18(23)26-19(2,3)4/h7-8,11H,9-10H2,1-6H3,(H,21,23). The van der Waals surface area contributed by atoms with Crippen molar-refractivity contribution in [3.05, 3.63) is 33.9 Å². The summed E-state index contributed by atoms with van der Waals surface area (Å²) in [5, 5.41) is 3.24. The molecule has 1 amide bonds. The number of carbonyl (C=O) groups is 2. The lowest BCUT2D eigenvalue weighted by atomic mass is 10.00. The highest BCUT2D eigenvalue weighted by molar-refractivity contribution is 6.31. The van der Waals surface area contributed by atoms with Crippen LogP contribution in [0.1, 0.15) is 37.5 Å². The van der Waals surface area contributed by atoms with Crippen molar-refractivity contribution in [3.63, 3.8) is 0 Å². The monoisotopic (exact) mass is 383 g/mol. The van der Waals surface area contributed by atoms with Crippen molar-refractivity contribution in [2.24, 2.45) is 0 Å². The van der Waals surface area contributed by atoms with E-state index in [-0.39, 0.29) is 0 Å². The maximum absolute atomic E-state index is 11.7. The molecule has 0 bridgehead atoms. The molecule has 0 atom stereocenters. The van der Waals surface area contributed by atoms with Gasteiger partial charge >= 0.3 is 12.1 Å². The normalized spacial score (nSPS) is 11.3. The van der Waals surface area contributed by atoms with Crippen molar-refractivity contribution in [2.45, 2.75) is 39.7 Å². The van der Waals surface area contributed by atoms with Gasteiger partial charge in [0.25, 0.3) is 0 Å². The van der Waals surface area contributed by atoms with Crippen LogP contribution < -0.4 is 10.1 Å². The van der Waals surface area contributed by atoms with Crippen LogP contribution in [-0.2, 0) is 20.7 Å². The van der Waals surface area contributed by atoms with Crippen LogP contribution in [0.2, 0.25) is 5.02 Å². The van der Waals surface area contributed by atoms with Gasteiger partial charge in [-0.1, -0.05) is 11.6 Å². The lowest BCUT2D eigenvalue weighted by molar-refractivity contribution is -0.134.